The number of anilines is 4. The second kappa shape index (κ2) is 6.49. The van der Waals surface area contributed by atoms with Crippen LogP contribution < -0.4 is 9.80 Å². The Morgan fingerprint density at radius 3 is 2.52 bits per heavy atom. The number of rotatable bonds is 4. The first-order valence-corrected chi connectivity index (χ1v) is 8.12. The molecule has 3 aromatic rings. The molecule has 1 aromatic carbocycles. The van der Waals surface area contributed by atoms with E-state index in [1.807, 2.05) is 31.4 Å². The van der Waals surface area contributed by atoms with Gasteiger partial charge in [0.05, 0.1) is 11.4 Å². The zero-order valence-corrected chi connectivity index (χ0v) is 14.3. The van der Waals surface area contributed by atoms with Crippen LogP contribution in [0.3, 0.4) is 0 Å². The molecule has 0 radical (unpaired) electrons. The highest BCUT2D eigenvalue weighted by atomic mass is 16.5. The molecular weight excluding hydrogens is 314 g/mol. The second-order valence-electron chi connectivity index (χ2n) is 5.93. The predicted octanol–water partition coefficient (Wildman–Crippen LogP) is 3.29. The van der Waals surface area contributed by atoms with Crippen molar-refractivity contribution in [3.05, 3.63) is 66.2 Å². The van der Waals surface area contributed by atoms with E-state index in [1.54, 1.807) is 19.5 Å². The van der Waals surface area contributed by atoms with Crippen LogP contribution in [0.1, 0.15) is 11.3 Å². The van der Waals surface area contributed by atoms with Crippen molar-refractivity contribution < 1.29 is 4.74 Å². The minimum atomic E-state index is 0.416. The molecule has 2 aromatic heterocycles. The maximum Gasteiger partial charge on any atom is 0.178 e. The molecule has 6 nitrogen and oxygen atoms in total. The van der Waals surface area contributed by atoms with Crippen LogP contribution in [0.5, 0.6) is 0 Å². The van der Waals surface area contributed by atoms with E-state index in [2.05, 4.69) is 43.0 Å². The monoisotopic (exact) mass is 333 g/mol. The summed E-state index contributed by atoms with van der Waals surface area (Å²) in [7, 11) is 3.70. The molecule has 1 aliphatic heterocycles. The van der Waals surface area contributed by atoms with Crippen molar-refractivity contribution in [2.75, 3.05) is 30.7 Å². The van der Waals surface area contributed by atoms with E-state index in [-0.39, 0.29) is 0 Å². The van der Waals surface area contributed by atoms with E-state index < -0.39 is 0 Å². The van der Waals surface area contributed by atoms with Gasteiger partial charge in [-0.3, -0.25) is 9.88 Å². The molecule has 0 spiro atoms. The van der Waals surface area contributed by atoms with Crippen LogP contribution in [0.15, 0.2) is 55.0 Å². The lowest BCUT2D eigenvalue weighted by atomic mass is 10.1. The average Bonchev–Trinajstić information content (AvgIpc) is 2.66. The number of nitrogens with zero attached hydrogens (tertiary/aromatic N) is 5. The Labute approximate surface area is 146 Å². The van der Waals surface area contributed by atoms with E-state index >= 15 is 0 Å². The zero-order valence-electron chi connectivity index (χ0n) is 14.3. The minimum absolute atomic E-state index is 0.416. The fourth-order valence-corrected chi connectivity index (χ4v) is 3.13. The molecule has 0 N–H and O–H groups in total. The minimum Gasteiger partial charge on any atom is -0.364 e. The second-order valence-corrected chi connectivity index (χ2v) is 5.93. The van der Waals surface area contributed by atoms with Crippen molar-refractivity contribution >= 4 is 23.0 Å². The highest BCUT2D eigenvalue weighted by molar-refractivity contribution is 5.89. The molecular formula is C19H19N5O. The SMILES string of the molecule is COCN1c2cc(Cc3ccccn3)ccc2N(C)c2nccnc21. The molecule has 0 fully saturated rings. The number of aromatic nitrogens is 3. The summed E-state index contributed by atoms with van der Waals surface area (Å²) in [4.78, 5) is 17.5. The van der Waals surface area contributed by atoms with Crippen LogP contribution in [0, 0.1) is 0 Å². The Balaban J connectivity index is 1.76. The van der Waals surface area contributed by atoms with Crippen molar-refractivity contribution in [1.82, 2.24) is 15.0 Å². The molecule has 0 atom stereocenters. The standard InChI is InChI=1S/C19H19N5O/c1-23-16-7-6-14(11-15-5-3-4-8-20-15)12-17(16)24(13-25-2)19-18(23)21-9-10-22-19/h3-10,12H,11,13H2,1-2H3. The van der Waals surface area contributed by atoms with Crippen LogP contribution in [0.25, 0.3) is 0 Å². The van der Waals surface area contributed by atoms with Gasteiger partial charge >= 0.3 is 0 Å². The number of ether oxygens (including phenoxy) is 1. The van der Waals surface area contributed by atoms with Gasteiger partial charge in [0.1, 0.15) is 6.73 Å². The Kier molecular flexibility index (Phi) is 4.03. The van der Waals surface area contributed by atoms with Gasteiger partial charge in [-0.25, -0.2) is 9.97 Å². The number of fused-ring (bicyclic) bond motifs is 2. The molecule has 0 saturated carbocycles. The molecule has 0 aliphatic carbocycles. The number of pyridine rings is 1. The third-order valence-corrected chi connectivity index (χ3v) is 4.30. The van der Waals surface area contributed by atoms with E-state index in [9.17, 15) is 0 Å². The van der Waals surface area contributed by atoms with E-state index in [4.69, 9.17) is 4.74 Å². The van der Waals surface area contributed by atoms with Crippen molar-refractivity contribution in [1.29, 1.82) is 0 Å². The van der Waals surface area contributed by atoms with Gasteiger partial charge in [-0.05, 0) is 29.8 Å². The lowest BCUT2D eigenvalue weighted by Crippen LogP contribution is -2.30. The predicted molar refractivity (Wildman–Crippen MR) is 97.6 cm³/mol. The average molecular weight is 333 g/mol. The number of hydrogen-bond acceptors (Lipinski definition) is 6. The summed E-state index contributed by atoms with van der Waals surface area (Å²) in [5, 5.41) is 0. The number of methoxy groups -OCH3 is 1. The fraction of sp³-hybridized carbons (Fsp3) is 0.211. The first-order valence-electron chi connectivity index (χ1n) is 8.12. The summed E-state index contributed by atoms with van der Waals surface area (Å²) in [5.74, 6) is 1.62. The van der Waals surface area contributed by atoms with Crippen LogP contribution >= 0.6 is 0 Å². The summed E-state index contributed by atoms with van der Waals surface area (Å²) >= 11 is 0. The summed E-state index contributed by atoms with van der Waals surface area (Å²) < 4.78 is 5.42. The Morgan fingerprint density at radius 1 is 0.920 bits per heavy atom. The van der Waals surface area contributed by atoms with Gasteiger partial charge in [-0.1, -0.05) is 12.1 Å². The van der Waals surface area contributed by atoms with Crippen LogP contribution in [0.2, 0.25) is 0 Å². The summed E-state index contributed by atoms with van der Waals surface area (Å²) in [6.07, 6.45) is 6.02. The van der Waals surface area contributed by atoms with Crippen molar-refractivity contribution in [2.45, 2.75) is 6.42 Å². The lowest BCUT2D eigenvalue weighted by molar-refractivity contribution is 0.205. The molecule has 0 unspecified atom stereocenters. The summed E-state index contributed by atoms with van der Waals surface area (Å²) in [6, 6.07) is 12.4. The van der Waals surface area contributed by atoms with Crippen LogP contribution in [-0.4, -0.2) is 35.8 Å². The highest BCUT2D eigenvalue weighted by Crippen LogP contribution is 2.45. The van der Waals surface area contributed by atoms with E-state index in [1.165, 1.54) is 5.56 Å². The van der Waals surface area contributed by atoms with Crippen LogP contribution in [-0.2, 0) is 11.2 Å². The summed E-state index contributed by atoms with van der Waals surface area (Å²) in [5.41, 5.74) is 4.38. The van der Waals surface area contributed by atoms with Gasteiger partial charge in [0.25, 0.3) is 0 Å². The first-order chi connectivity index (χ1) is 12.3. The van der Waals surface area contributed by atoms with E-state index in [0.29, 0.717) is 6.73 Å². The molecule has 3 heterocycles. The number of benzene rings is 1. The maximum absolute atomic E-state index is 5.42. The third kappa shape index (κ3) is 2.81. The van der Waals surface area contributed by atoms with Gasteiger partial charge in [-0.15, -0.1) is 0 Å². The number of hydrogen-bond donors (Lipinski definition) is 0. The Hall–Kier alpha value is -2.99. The molecule has 0 saturated heterocycles. The molecule has 126 valence electrons. The molecule has 25 heavy (non-hydrogen) atoms. The molecule has 4 rings (SSSR count). The highest BCUT2D eigenvalue weighted by Gasteiger charge is 2.28. The fourth-order valence-electron chi connectivity index (χ4n) is 3.13. The zero-order chi connectivity index (χ0) is 17.2. The molecule has 0 bridgehead atoms. The van der Waals surface area contributed by atoms with Crippen molar-refractivity contribution in [3.63, 3.8) is 0 Å². The maximum atomic E-state index is 5.42. The van der Waals surface area contributed by atoms with Crippen molar-refractivity contribution in [2.24, 2.45) is 0 Å². The van der Waals surface area contributed by atoms with Gasteiger partial charge in [0.15, 0.2) is 11.6 Å². The smallest absolute Gasteiger partial charge is 0.178 e. The molecule has 1 aliphatic rings. The third-order valence-electron chi connectivity index (χ3n) is 4.30. The summed E-state index contributed by atoms with van der Waals surface area (Å²) in [6.45, 7) is 0.416. The van der Waals surface area contributed by atoms with Crippen molar-refractivity contribution in [3.8, 4) is 0 Å². The Bertz CT molecular complexity index is 884. The molecule has 6 heteroatoms. The topological polar surface area (TPSA) is 54.4 Å². The molecule has 0 amide bonds. The first kappa shape index (κ1) is 15.5. The van der Waals surface area contributed by atoms with E-state index in [0.717, 1.165) is 35.1 Å². The van der Waals surface area contributed by atoms with Crippen LogP contribution in [0.4, 0.5) is 23.0 Å². The Morgan fingerprint density at radius 2 is 1.76 bits per heavy atom. The lowest BCUT2D eigenvalue weighted by Gasteiger charge is -2.36. The quantitative estimate of drug-likeness (QED) is 0.730. The van der Waals surface area contributed by atoms with Gasteiger partial charge < -0.3 is 9.64 Å². The normalized spacial score (nSPS) is 12.7. The van der Waals surface area contributed by atoms with Gasteiger partial charge in [0, 0.05) is 44.9 Å². The largest absolute Gasteiger partial charge is 0.364 e. The van der Waals surface area contributed by atoms with Gasteiger partial charge in [0.2, 0.25) is 0 Å². The van der Waals surface area contributed by atoms with Gasteiger partial charge in [-0.2, -0.15) is 0 Å².